The van der Waals surface area contributed by atoms with Gasteiger partial charge in [0.05, 0.1) is 11.2 Å². The van der Waals surface area contributed by atoms with Gasteiger partial charge in [-0.25, -0.2) is 0 Å². The molecule has 0 bridgehead atoms. The van der Waals surface area contributed by atoms with Crippen LogP contribution in [0.5, 0.6) is 0 Å². The van der Waals surface area contributed by atoms with Crippen LogP contribution in [-0.2, 0) is 9.31 Å². The van der Waals surface area contributed by atoms with Gasteiger partial charge in [0.15, 0.2) is 0 Å². The van der Waals surface area contributed by atoms with Gasteiger partial charge in [-0.2, -0.15) is 0 Å². The lowest BCUT2D eigenvalue weighted by atomic mass is 9.70. The lowest BCUT2D eigenvalue weighted by Gasteiger charge is -2.32. The molecule has 3 nitrogen and oxygen atoms in total. The highest BCUT2D eigenvalue weighted by Gasteiger charge is 2.52. The maximum atomic E-state index is 6.06. The number of rotatable bonds is 1. The molecule has 0 aliphatic carbocycles. The van der Waals surface area contributed by atoms with Crippen LogP contribution >= 0.6 is 0 Å². The molecule has 90 valence electrons. The Morgan fingerprint density at radius 3 is 2.31 bits per heavy atom. The zero-order chi connectivity index (χ0) is 12.0. The molecule has 2 aliphatic rings. The Labute approximate surface area is 98.7 Å². The Morgan fingerprint density at radius 2 is 1.81 bits per heavy atom. The van der Waals surface area contributed by atoms with Gasteiger partial charge in [0.2, 0.25) is 0 Å². The van der Waals surface area contributed by atoms with E-state index in [1.165, 1.54) is 5.47 Å². The van der Waals surface area contributed by atoms with Crippen molar-refractivity contribution in [3.8, 4) is 0 Å². The van der Waals surface area contributed by atoms with Crippen LogP contribution in [-0.4, -0.2) is 31.4 Å². The third-order valence-electron chi connectivity index (χ3n) is 4.03. The lowest BCUT2D eigenvalue weighted by molar-refractivity contribution is 0.00578. The van der Waals surface area contributed by atoms with Crippen LogP contribution in [0.4, 0.5) is 0 Å². The van der Waals surface area contributed by atoms with E-state index < -0.39 is 0 Å². The molecular weight excluding hydrogens is 201 g/mol. The molecule has 1 atom stereocenters. The fourth-order valence-corrected chi connectivity index (χ4v) is 2.12. The van der Waals surface area contributed by atoms with Gasteiger partial charge in [0.1, 0.15) is 0 Å². The molecule has 0 aromatic heterocycles. The largest absolute Gasteiger partial charge is 0.490 e. The Hall–Kier alpha value is -0.315. The van der Waals surface area contributed by atoms with Crippen molar-refractivity contribution in [3.05, 3.63) is 11.5 Å². The van der Waals surface area contributed by atoms with Gasteiger partial charge < -0.3 is 14.6 Å². The van der Waals surface area contributed by atoms with E-state index in [2.05, 4.69) is 46.0 Å². The SMILES string of the molecule is CC1CNCC=C1B1OC(C)(C)C(C)(C)O1. The summed E-state index contributed by atoms with van der Waals surface area (Å²) in [5.41, 5.74) is 0.823. The van der Waals surface area contributed by atoms with Crippen molar-refractivity contribution in [1.82, 2.24) is 5.32 Å². The van der Waals surface area contributed by atoms with Gasteiger partial charge in [-0.1, -0.05) is 13.0 Å². The van der Waals surface area contributed by atoms with Crippen LogP contribution in [0.3, 0.4) is 0 Å². The number of hydrogen-bond donors (Lipinski definition) is 1. The average Bonchev–Trinajstić information content (AvgIpc) is 2.36. The monoisotopic (exact) mass is 223 g/mol. The van der Waals surface area contributed by atoms with Crippen LogP contribution in [0.2, 0.25) is 0 Å². The topological polar surface area (TPSA) is 30.5 Å². The highest BCUT2D eigenvalue weighted by molar-refractivity contribution is 6.54. The van der Waals surface area contributed by atoms with Gasteiger partial charge in [-0.3, -0.25) is 0 Å². The van der Waals surface area contributed by atoms with E-state index in [1.54, 1.807) is 0 Å². The minimum absolute atomic E-state index is 0.165. The van der Waals surface area contributed by atoms with Crippen molar-refractivity contribution in [2.24, 2.45) is 5.92 Å². The third kappa shape index (κ3) is 1.94. The minimum atomic E-state index is -0.233. The highest BCUT2D eigenvalue weighted by Crippen LogP contribution is 2.39. The van der Waals surface area contributed by atoms with E-state index >= 15 is 0 Å². The summed E-state index contributed by atoms with van der Waals surface area (Å²) < 4.78 is 12.1. The number of nitrogens with one attached hydrogen (secondary N) is 1. The molecule has 16 heavy (non-hydrogen) atoms. The second-order valence-corrected chi connectivity index (χ2v) is 5.85. The second kappa shape index (κ2) is 3.86. The Morgan fingerprint density at radius 1 is 1.25 bits per heavy atom. The maximum absolute atomic E-state index is 6.06. The summed E-state index contributed by atoms with van der Waals surface area (Å²) in [5.74, 6) is 0.489. The molecule has 4 heteroatoms. The Kier molecular flexibility index (Phi) is 2.93. The predicted octanol–water partition coefficient (Wildman–Crippen LogP) is 1.78. The van der Waals surface area contributed by atoms with E-state index in [0.717, 1.165) is 13.1 Å². The fraction of sp³-hybridized carbons (Fsp3) is 0.833. The quantitative estimate of drug-likeness (QED) is 0.687. The maximum Gasteiger partial charge on any atom is 0.490 e. The fourth-order valence-electron chi connectivity index (χ4n) is 2.12. The van der Waals surface area contributed by atoms with E-state index in [4.69, 9.17) is 9.31 Å². The molecule has 2 aliphatic heterocycles. The van der Waals surface area contributed by atoms with Crippen LogP contribution in [0.25, 0.3) is 0 Å². The summed E-state index contributed by atoms with van der Waals surface area (Å²) in [6.07, 6.45) is 2.20. The van der Waals surface area contributed by atoms with Crippen molar-refractivity contribution < 1.29 is 9.31 Å². The van der Waals surface area contributed by atoms with Gasteiger partial charge in [0.25, 0.3) is 0 Å². The van der Waals surface area contributed by atoms with Crippen molar-refractivity contribution >= 4 is 7.12 Å². The molecule has 0 aromatic rings. The van der Waals surface area contributed by atoms with E-state index in [-0.39, 0.29) is 18.3 Å². The first-order chi connectivity index (χ1) is 7.33. The van der Waals surface area contributed by atoms with Gasteiger partial charge in [-0.15, -0.1) is 0 Å². The van der Waals surface area contributed by atoms with Crippen molar-refractivity contribution in [3.63, 3.8) is 0 Å². The summed E-state index contributed by atoms with van der Waals surface area (Å²) in [6, 6.07) is 0. The molecule has 2 heterocycles. The summed E-state index contributed by atoms with van der Waals surface area (Å²) in [5, 5.41) is 3.34. The van der Waals surface area contributed by atoms with Gasteiger partial charge in [-0.05, 0) is 39.1 Å². The van der Waals surface area contributed by atoms with Gasteiger partial charge >= 0.3 is 7.12 Å². The van der Waals surface area contributed by atoms with Crippen LogP contribution in [0.15, 0.2) is 11.5 Å². The van der Waals surface area contributed by atoms with Crippen LogP contribution < -0.4 is 5.32 Å². The molecular formula is C12H22BNO2. The first-order valence-electron chi connectivity index (χ1n) is 6.10. The Balaban J connectivity index is 2.17. The molecule has 0 spiro atoms. The second-order valence-electron chi connectivity index (χ2n) is 5.85. The summed E-state index contributed by atoms with van der Waals surface area (Å²) in [7, 11) is -0.165. The molecule has 2 rings (SSSR count). The van der Waals surface area contributed by atoms with E-state index in [9.17, 15) is 0 Å². The third-order valence-corrected chi connectivity index (χ3v) is 4.03. The molecule has 1 fully saturated rings. The lowest BCUT2D eigenvalue weighted by Crippen LogP contribution is -2.41. The molecule has 1 unspecified atom stereocenters. The van der Waals surface area contributed by atoms with E-state index in [1.807, 2.05) is 0 Å². The standard InChI is InChI=1S/C12H22BNO2/c1-9-8-14-7-6-10(9)13-15-11(2,3)12(4,5)16-13/h6,9,14H,7-8H2,1-5H3. The predicted molar refractivity (Wildman–Crippen MR) is 66.2 cm³/mol. The smallest absolute Gasteiger partial charge is 0.400 e. The minimum Gasteiger partial charge on any atom is -0.400 e. The molecule has 0 radical (unpaired) electrons. The highest BCUT2D eigenvalue weighted by atomic mass is 16.7. The first-order valence-corrected chi connectivity index (χ1v) is 6.10. The normalized spacial score (nSPS) is 32.7. The molecule has 0 amide bonds. The molecule has 1 saturated heterocycles. The summed E-state index contributed by atoms with van der Waals surface area (Å²) in [6.45, 7) is 12.5. The van der Waals surface area contributed by atoms with Crippen LogP contribution in [0, 0.1) is 5.92 Å². The zero-order valence-electron chi connectivity index (χ0n) is 11.0. The molecule has 0 saturated carbocycles. The molecule has 1 N–H and O–H groups in total. The summed E-state index contributed by atoms with van der Waals surface area (Å²) in [4.78, 5) is 0. The Bertz CT molecular complexity index is 296. The first kappa shape index (κ1) is 12.2. The number of hydrogen-bond acceptors (Lipinski definition) is 3. The van der Waals surface area contributed by atoms with Gasteiger partial charge in [0, 0.05) is 13.1 Å². The zero-order valence-corrected chi connectivity index (χ0v) is 11.0. The summed E-state index contributed by atoms with van der Waals surface area (Å²) >= 11 is 0. The van der Waals surface area contributed by atoms with Crippen molar-refractivity contribution in [2.75, 3.05) is 13.1 Å². The average molecular weight is 223 g/mol. The van der Waals surface area contributed by atoms with Crippen molar-refractivity contribution in [2.45, 2.75) is 45.8 Å². The van der Waals surface area contributed by atoms with Crippen molar-refractivity contribution in [1.29, 1.82) is 0 Å². The van der Waals surface area contributed by atoms with Crippen LogP contribution in [0.1, 0.15) is 34.6 Å². The molecule has 0 aromatic carbocycles. The van der Waals surface area contributed by atoms with E-state index in [0.29, 0.717) is 5.92 Å².